The van der Waals surface area contributed by atoms with Crippen LogP contribution in [0.5, 0.6) is 0 Å². The third kappa shape index (κ3) is 3.30. The minimum Gasteiger partial charge on any atom is -0.388 e. The monoisotopic (exact) mass is 350 g/mol. The molecule has 0 saturated carbocycles. The van der Waals surface area contributed by atoms with E-state index >= 15 is 0 Å². The summed E-state index contributed by atoms with van der Waals surface area (Å²) in [5.41, 5.74) is 5.40. The zero-order chi connectivity index (χ0) is 17.2. The van der Waals surface area contributed by atoms with Crippen molar-refractivity contribution in [2.75, 3.05) is 17.7 Å². The molecule has 0 spiro atoms. The Hall–Kier alpha value is -2.59. The number of nitrogens with zero attached hydrogens (tertiary/aromatic N) is 2. The maximum atomic E-state index is 6.13. The van der Waals surface area contributed by atoms with Crippen molar-refractivity contribution in [3.63, 3.8) is 0 Å². The predicted octanol–water partition coefficient (Wildman–Crippen LogP) is 5.07. The van der Waals surface area contributed by atoms with Gasteiger partial charge in [0.25, 0.3) is 0 Å². The summed E-state index contributed by atoms with van der Waals surface area (Å²) in [6.07, 6.45) is 3.14. The number of anilines is 3. The fraction of sp³-hybridized carbons (Fsp3) is 0.200. The Balaban J connectivity index is 1.73. The lowest BCUT2D eigenvalue weighted by molar-refractivity contribution is 0.900. The minimum absolute atomic E-state index is 0.693. The second-order valence-electron chi connectivity index (χ2n) is 6.14. The van der Waals surface area contributed by atoms with Crippen LogP contribution in [-0.2, 0) is 12.8 Å². The van der Waals surface area contributed by atoms with Crippen LogP contribution in [0.2, 0.25) is 5.02 Å². The molecule has 0 bridgehead atoms. The molecule has 1 aromatic heterocycles. The molecule has 4 nitrogen and oxygen atoms in total. The lowest BCUT2D eigenvalue weighted by Crippen LogP contribution is -2.04. The van der Waals surface area contributed by atoms with Gasteiger partial charge in [-0.2, -0.15) is 0 Å². The van der Waals surface area contributed by atoms with Crippen LogP contribution >= 0.6 is 11.6 Å². The van der Waals surface area contributed by atoms with Crippen molar-refractivity contribution in [2.24, 2.45) is 0 Å². The molecule has 126 valence electrons. The van der Waals surface area contributed by atoms with Crippen molar-refractivity contribution in [3.05, 3.63) is 64.8 Å². The van der Waals surface area contributed by atoms with E-state index in [-0.39, 0.29) is 0 Å². The Morgan fingerprint density at radius 1 is 0.960 bits per heavy atom. The molecule has 4 rings (SSSR count). The molecule has 0 radical (unpaired) electrons. The summed E-state index contributed by atoms with van der Waals surface area (Å²) in [4.78, 5) is 9.57. The molecular weight excluding hydrogens is 332 g/mol. The summed E-state index contributed by atoms with van der Waals surface area (Å²) >= 11 is 6.13. The summed E-state index contributed by atoms with van der Waals surface area (Å²) in [5, 5.41) is 7.29. The minimum atomic E-state index is 0.693. The highest BCUT2D eigenvalue weighted by atomic mass is 35.5. The normalized spacial score (nSPS) is 12.7. The van der Waals surface area contributed by atoms with E-state index < -0.39 is 0 Å². The maximum absolute atomic E-state index is 6.13. The molecule has 25 heavy (non-hydrogen) atoms. The van der Waals surface area contributed by atoms with Gasteiger partial charge in [0.1, 0.15) is 5.82 Å². The van der Waals surface area contributed by atoms with Crippen molar-refractivity contribution in [1.29, 1.82) is 0 Å². The quantitative estimate of drug-likeness (QED) is 0.689. The highest BCUT2D eigenvalue weighted by Gasteiger charge is 2.20. The molecule has 3 aromatic rings. The first-order valence-electron chi connectivity index (χ1n) is 8.43. The van der Waals surface area contributed by atoms with Crippen molar-refractivity contribution < 1.29 is 0 Å². The molecule has 5 heteroatoms. The molecule has 2 N–H and O–H groups in total. The summed E-state index contributed by atoms with van der Waals surface area (Å²) in [7, 11) is 1.91. The number of nitrogens with one attached hydrogen (secondary N) is 2. The van der Waals surface area contributed by atoms with E-state index in [2.05, 4.69) is 10.6 Å². The highest BCUT2D eigenvalue weighted by molar-refractivity contribution is 6.30. The first kappa shape index (κ1) is 15.9. The largest absolute Gasteiger partial charge is 0.388 e. The first-order chi connectivity index (χ1) is 12.2. The molecule has 0 aliphatic heterocycles. The van der Waals surface area contributed by atoms with Gasteiger partial charge in [0.2, 0.25) is 0 Å². The van der Waals surface area contributed by atoms with E-state index in [1.807, 2.05) is 55.6 Å². The molecule has 2 aromatic carbocycles. The Labute approximate surface area is 152 Å². The number of benzene rings is 2. The molecule has 1 heterocycles. The van der Waals surface area contributed by atoms with Crippen molar-refractivity contribution in [3.8, 4) is 11.4 Å². The van der Waals surface area contributed by atoms with Crippen LogP contribution in [0.25, 0.3) is 11.4 Å². The van der Waals surface area contributed by atoms with Crippen LogP contribution in [0.1, 0.15) is 17.7 Å². The zero-order valence-corrected chi connectivity index (χ0v) is 14.8. The second-order valence-corrected chi connectivity index (χ2v) is 6.57. The third-order valence-electron chi connectivity index (χ3n) is 4.45. The standard InChI is InChI=1S/C20H19ClN4/c1-22-15-8-10-16(11-9-15)23-20-17-6-3-7-18(17)24-19(25-20)13-4-2-5-14(21)12-13/h2,4-5,8-12,22H,3,6-7H2,1H3,(H,23,24,25). The van der Waals surface area contributed by atoms with Crippen molar-refractivity contribution in [2.45, 2.75) is 19.3 Å². The second kappa shape index (κ2) is 6.73. The van der Waals surface area contributed by atoms with Gasteiger partial charge < -0.3 is 10.6 Å². The van der Waals surface area contributed by atoms with Gasteiger partial charge in [-0.25, -0.2) is 9.97 Å². The van der Waals surface area contributed by atoms with E-state index in [4.69, 9.17) is 21.6 Å². The van der Waals surface area contributed by atoms with Gasteiger partial charge in [-0.05, 0) is 55.7 Å². The number of hydrogen-bond donors (Lipinski definition) is 2. The van der Waals surface area contributed by atoms with Gasteiger partial charge in [0.15, 0.2) is 5.82 Å². The highest BCUT2D eigenvalue weighted by Crippen LogP contribution is 2.31. The number of aryl methyl sites for hydroxylation is 1. The number of rotatable bonds is 4. The molecule has 0 atom stereocenters. The summed E-state index contributed by atoms with van der Waals surface area (Å²) < 4.78 is 0. The van der Waals surface area contributed by atoms with Gasteiger partial charge in [-0.15, -0.1) is 0 Å². The topological polar surface area (TPSA) is 49.8 Å². The zero-order valence-electron chi connectivity index (χ0n) is 14.0. The van der Waals surface area contributed by atoms with E-state index in [1.165, 1.54) is 5.56 Å². The van der Waals surface area contributed by atoms with E-state index in [1.54, 1.807) is 0 Å². The molecule has 0 fully saturated rings. The molecule has 0 amide bonds. The molecule has 0 unspecified atom stereocenters. The Morgan fingerprint density at radius 3 is 2.52 bits per heavy atom. The van der Waals surface area contributed by atoms with Gasteiger partial charge in [-0.1, -0.05) is 23.7 Å². The van der Waals surface area contributed by atoms with E-state index in [9.17, 15) is 0 Å². The predicted molar refractivity (Wildman–Crippen MR) is 104 cm³/mol. The first-order valence-corrected chi connectivity index (χ1v) is 8.81. The van der Waals surface area contributed by atoms with Crippen LogP contribution in [-0.4, -0.2) is 17.0 Å². The number of halogens is 1. The van der Waals surface area contributed by atoms with Crippen LogP contribution in [0, 0.1) is 0 Å². The van der Waals surface area contributed by atoms with Crippen LogP contribution in [0.4, 0.5) is 17.2 Å². The fourth-order valence-corrected chi connectivity index (χ4v) is 3.34. The van der Waals surface area contributed by atoms with Gasteiger partial charge >= 0.3 is 0 Å². The number of aromatic nitrogens is 2. The Kier molecular flexibility index (Phi) is 4.28. The SMILES string of the molecule is CNc1ccc(Nc2nc(-c3cccc(Cl)c3)nc3c2CCC3)cc1. The summed E-state index contributed by atoms with van der Waals surface area (Å²) in [6, 6.07) is 15.9. The Bertz CT molecular complexity index is 906. The average Bonchev–Trinajstić information content (AvgIpc) is 3.11. The number of hydrogen-bond acceptors (Lipinski definition) is 4. The van der Waals surface area contributed by atoms with Crippen molar-refractivity contribution >= 4 is 28.8 Å². The van der Waals surface area contributed by atoms with Crippen molar-refractivity contribution in [1.82, 2.24) is 9.97 Å². The lowest BCUT2D eigenvalue weighted by atomic mass is 10.1. The van der Waals surface area contributed by atoms with Gasteiger partial charge in [0.05, 0.1) is 0 Å². The fourth-order valence-electron chi connectivity index (χ4n) is 3.15. The molecule has 1 aliphatic carbocycles. The average molecular weight is 351 g/mol. The molecule has 0 saturated heterocycles. The van der Waals surface area contributed by atoms with Crippen LogP contribution < -0.4 is 10.6 Å². The lowest BCUT2D eigenvalue weighted by Gasteiger charge is -2.13. The van der Waals surface area contributed by atoms with Crippen LogP contribution in [0.15, 0.2) is 48.5 Å². The maximum Gasteiger partial charge on any atom is 0.161 e. The summed E-state index contributed by atoms with van der Waals surface area (Å²) in [6.45, 7) is 0. The summed E-state index contributed by atoms with van der Waals surface area (Å²) in [5.74, 6) is 1.62. The van der Waals surface area contributed by atoms with E-state index in [0.29, 0.717) is 5.02 Å². The van der Waals surface area contributed by atoms with E-state index in [0.717, 1.165) is 53.5 Å². The van der Waals surface area contributed by atoms with Gasteiger partial charge in [0, 0.05) is 40.3 Å². The number of fused-ring (bicyclic) bond motifs is 1. The molecular formula is C20H19ClN4. The third-order valence-corrected chi connectivity index (χ3v) is 4.69. The van der Waals surface area contributed by atoms with Gasteiger partial charge in [-0.3, -0.25) is 0 Å². The smallest absolute Gasteiger partial charge is 0.161 e. The van der Waals surface area contributed by atoms with Crippen LogP contribution in [0.3, 0.4) is 0 Å². The Morgan fingerprint density at radius 2 is 1.76 bits per heavy atom. The molecule has 1 aliphatic rings.